The number of aryl methyl sites for hydroxylation is 4. The second kappa shape index (κ2) is 10.6. The van der Waals surface area contributed by atoms with Crippen molar-refractivity contribution in [3.63, 3.8) is 0 Å². The van der Waals surface area contributed by atoms with Crippen molar-refractivity contribution in [1.29, 1.82) is 0 Å². The van der Waals surface area contributed by atoms with Crippen LogP contribution >= 0.6 is 23.1 Å². The highest BCUT2D eigenvalue weighted by molar-refractivity contribution is 7.98. The highest BCUT2D eigenvalue weighted by Gasteiger charge is 2.22. The zero-order valence-corrected chi connectivity index (χ0v) is 21.6. The average Bonchev–Trinajstić information content (AvgIpc) is 3.16. The van der Waals surface area contributed by atoms with Gasteiger partial charge in [-0.1, -0.05) is 48.0 Å². The first-order valence-electron chi connectivity index (χ1n) is 11.3. The van der Waals surface area contributed by atoms with E-state index in [0.717, 1.165) is 12.8 Å². The Kier molecular flexibility index (Phi) is 7.54. The van der Waals surface area contributed by atoms with E-state index in [-0.39, 0.29) is 11.5 Å². The van der Waals surface area contributed by atoms with E-state index in [4.69, 9.17) is 4.98 Å². The van der Waals surface area contributed by atoms with Crippen molar-refractivity contribution in [1.82, 2.24) is 14.9 Å². The number of rotatable bonds is 8. The van der Waals surface area contributed by atoms with Crippen LogP contribution in [-0.4, -0.2) is 34.4 Å². The minimum atomic E-state index is -0.180. The standard InChI is InChI=1S/C27H29N3O2S2/c1-17-12-13-18(2)21(15-17)33-16-22-28-25(31)23-19(3)24(34-26(23)29-22)27(32)30(4)14-8-11-20-9-6-5-7-10-20/h5-7,9-10,12-13,15H,8,11,14,16H2,1-4H3,(H,28,29,31). The molecule has 34 heavy (non-hydrogen) atoms. The summed E-state index contributed by atoms with van der Waals surface area (Å²) in [5.74, 6) is 1.13. The van der Waals surface area contributed by atoms with Gasteiger partial charge >= 0.3 is 0 Å². The molecule has 5 nitrogen and oxygen atoms in total. The number of benzene rings is 2. The van der Waals surface area contributed by atoms with Crippen LogP contribution in [0, 0.1) is 20.8 Å². The van der Waals surface area contributed by atoms with Crippen LogP contribution in [-0.2, 0) is 12.2 Å². The van der Waals surface area contributed by atoms with Gasteiger partial charge in [0.05, 0.1) is 16.0 Å². The maximum atomic E-state index is 13.1. The highest BCUT2D eigenvalue weighted by Crippen LogP contribution is 2.30. The summed E-state index contributed by atoms with van der Waals surface area (Å²) in [4.78, 5) is 37.8. The normalized spacial score (nSPS) is 11.2. The van der Waals surface area contributed by atoms with Crippen molar-refractivity contribution in [2.24, 2.45) is 0 Å². The van der Waals surface area contributed by atoms with E-state index in [9.17, 15) is 9.59 Å². The lowest BCUT2D eigenvalue weighted by atomic mass is 10.1. The lowest BCUT2D eigenvalue weighted by Gasteiger charge is -2.16. The zero-order chi connectivity index (χ0) is 24.2. The summed E-state index contributed by atoms with van der Waals surface area (Å²) in [6, 6.07) is 16.6. The molecule has 0 aliphatic rings. The number of aromatic amines is 1. The molecule has 0 atom stereocenters. The van der Waals surface area contributed by atoms with Crippen molar-refractivity contribution in [2.45, 2.75) is 44.3 Å². The first kappa shape index (κ1) is 24.2. The monoisotopic (exact) mass is 491 g/mol. The minimum absolute atomic E-state index is 0.0562. The Morgan fingerprint density at radius 2 is 1.88 bits per heavy atom. The second-order valence-corrected chi connectivity index (χ2v) is 10.6. The Morgan fingerprint density at radius 1 is 1.12 bits per heavy atom. The minimum Gasteiger partial charge on any atom is -0.341 e. The van der Waals surface area contributed by atoms with Gasteiger partial charge in [-0.15, -0.1) is 23.1 Å². The molecule has 2 aromatic heterocycles. The smallest absolute Gasteiger partial charge is 0.264 e. The summed E-state index contributed by atoms with van der Waals surface area (Å²) >= 11 is 2.97. The first-order chi connectivity index (χ1) is 16.3. The van der Waals surface area contributed by atoms with E-state index in [1.54, 1.807) is 16.7 Å². The molecule has 0 saturated carbocycles. The third-order valence-corrected chi connectivity index (χ3v) is 8.24. The number of carbonyl (C=O) groups excluding carboxylic acids is 1. The molecule has 0 bridgehead atoms. The fourth-order valence-electron chi connectivity index (χ4n) is 3.91. The van der Waals surface area contributed by atoms with Crippen LogP contribution in [0.15, 0.2) is 58.2 Å². The van der Waals surface area contributed by atoms with Crippen LogP contribution in [0.4, 0.5) is 0 Å². The Hall–Kier alpha value is -2.90. The van der Waals surface area contributed by atoms with Gasteiger partial charge in [0.15, 0.2) is 0 Å². The number of fused-ring (bicyclic) bond motifs is 1. The molecule has 2 aromatic carbocycles. The van der Waals surface area contributed by atoms with E-state index in [2.05, 4.69) is 49.2 Å². The molecule has 0 spiro atoms. The molecule has 1 N–H and O–H groups in total. The Morgan fingerprint density at radius 3 is 2.65 bits per heavy atom. The lowest BCUT2D eigenvalue weighted by Crippen LogP contribution is -2.27. The van der Waals surface area contributed by atoms with Crippen molar-refractivity contribution in [3.8, 4) is 0 Å². The highest BCUT2D eigenvalue weighted by atomic mass is 32.2. The average molecular weight is 492 g/mol. The van der Waals surface area contributed by atoms with Gasteiger partial charge in [-0.05, 0) is 56.4 Å². The topological polar surface area (TPSA) is 66.1 Å². The second-order valence-electron chi connectivity index (χ2n) is 8.62. The number of carbonyl (C=O) groups is 1. The SMILES string of the molecule is Cc1ccc(C)c(SCc2nc3sc(C(=O)N(C)CCCc4ccccc4)c(C)c3c(=O)[nH]2)c1. The van der Waals surface area contributed by atoms with Crippen LogP contribution in [0.5, 0.6) is 0 Å². The fraction of sp³-hybridized carbons (Fsp3) is 0.296. The largest absolute Gasteiger partial charge is 0.341 e. The van der Waals surface area contributed by atoms with E-state index in [1.165, 1.54) is 32.9 Å². The van der Waals surface area contributed by atoms with Gasteiger partial charge in [0.1, 0.15) is 10.7 Å². The van der Waals surface area contributed by atoms with Crippen molar-refractivity contribution >= 4 is 39.2 Å². The summed E-state index contributed by atoms with van der Waals surface area (Å²) in [6.07, 6.45) is 1.81. The number of hydrogen-bond donors (Lipinski definition) is 1. The molecule has 0 radical (unpaired) electrons. The summed E-state index contributed by atoms with van der Waals surface area (Å²) < 4.78 is 0. The molecule has 0 saturated heterocycles. The predicted molar refractivity (Wildman–Crippen MR) is 142 cm³/mol. The van der Waals surface area contributed by atoms with Gasteiger partial charge in [0, 0.05) is 18.5 Å². The predicted octanol–water partition coefficient (Wildman–Crippen LogP) is 5.91. The van der Waals surface area contributed by atoms with E-state index in [0.29, 0.717) is 38.8 Å². The Labute approximate surface area is 208 Å². The van der Waals surface area contributed by atoms with Gasteiger partial charge in [-0.2, -0.15) is 0 Å². The molecule has 0 aliphatic heterocycles. The molecule has 176 valence electrons. The number of nitrogens with one attached hydrogen (secondary N) is 1. The maximum absolute atomic E-state index is 13.1. The molecule has 0 fully saturated rings. The molecular weight excluding hydrogens is 462 g/mol. The molecule has 4 aromatic rings. The molecule has 2 heterocycles. The molecule has 4 rings (SSSR count). The number of amides is 1. The van der Waals surface area contributed by atoms with Crippen LogP contribution in [0.2, 0.25) is 0 Å². The third kappa shape index (κ3) is 5.42. The molecule has 7 heteroatoms. The third-order valence-electron chi connectivity index (χ3n) is 5.90. The number of thiophene rings is 1. The summed E-state index contributed by atoms with van der Waals surface area (Å²) in [7, 11) is 1.82. The van der Waals surface area contributed by atoms with Gasteiger partial charge in [-0.25, -0.2) is 4.98 Å². The molecule has 0 aliphatic carbocycles. The lowest BCUT2D eigenvalue weighted by molar-refractivity contribution is 0.0798. The molecular formula is C27H29N3O2S2. The Bertz CT molecular complexity index is 1380. The Balaban J connectivity index is 1.48. The van der Waals surface area contributed by atoms with E-state index >= 15 is 0 Å². The van der Waals surface area contributed by atoms with Crippen molar-refractivity contribution < 1.29 is 4.79 Å². The van der Waals surface area contributed by atoms with Crippen LogP contribution in [0.1, 0.15) is 44.2 Å². The molecule has 0 unspecified atom stereocenters. The number of thioether (sulfide) groups is 1. The van der Waals surface area contributed by atoms with Gasteiger partial charge in [0.2, 0.25) is 0 Å². The maximum Gasteiger partial charge on any atom is 0.264 e. The van der Waals surface area contributed by atoms with Crippen LogP contribution in [0.3, 0.4) is 0 Å². The number of nitrogens with zero attached hydrogens (tertiary/aromatic N) is 2. The fourth-order valence-corrected chi connectivity index (χ4v) is 6.10. The van der Waals surface area contributed by atoms with E-state index < -0.39 is 0 Å². The van der Waals surface area contributed by atoms with Crippen LogP contribution < -0.4 is 5.56 Å². The summed E-state index contributed by atoms with van der Waals surface area (Å²) in [5.41, 5.74) is 4.20. The number of H-pyrrole nitrogens is 1. The quantitative estimate of drug-likeness (QED) is 0.311. The first-order valence-corrected chi connectivity index (χ1v) is 13.2. The van der Waals surface area contributed by atoms with E-state index in [1.807, 2.05) is 32.2 Å². The molecule has 1 amide bonds. The van der Waals surface area contributed by atoms with Crippen molar-refractivity contribution in [3.05, 3.63) is 91.8 Å². The zero-order valence-electron chi connectivity index (χ0n) is 20.0. The van der Waals surface area contributed by atoms with Gasteiger partial charge < -0.3 is 9.88 Å². The van der Waals surface area contributed by atoms with Crippen LogP contribution in [0.25, 0.3) is 10.2 Å². The van der Waals surface area contributed by atoms with Crippen molar-refractivity contribution in [2.75, 3.05) is 13.6 Å². The van der Waals surface area contributed by atoms with Gasteiger partial charge in [0.25, 0.3) is 11.5 Å². The number of hydrogen-bond acceptors (Lipinski definition) is 5. The number of aromatic nitrogens is 2. The van der Waals surface area contributed by atoms with Gasteiger partial charge in [-0.3, -0.25) is 9.59 Å². The summed E-state index contributed by atoms with van der Waals surface area (Å²) in [5, 5.41) is 0.520. The summed E-state index contributed by atoms with van der Waals surface area (Å²) in [6.45, 7) is 6.65.